The Hall–Kier alpha value is -3.92. The van der Waals surface area contributed by atoms with Crippen molar-refractivity contribution in [3.63, 3.8) is 0 Å². The van der Waals surface area contributed by atoms with Crippen LogP contribution in [0.3, 0.4) is 0 Å². The number of amidine groups is 1. The lowest BCUT2D eigenvalue weighted by atomic mass is 9.94. The van der Waals surface area contributed by atoms with Gasteiger partial charge >= 0.3 is 0 Å². The number of aliphatic hydroxyl groups is 1. The highest BCUT2D eigenvalue weighted by Crippen LogP contribution is 2.43. The molecule has 0 saturated carbocycles. The molecule has 0 amide bonds. The first kappa shape index (κ1) is 23.8. The van der Waals surface area contributed by atoms with Crippen LogP contribution in [0.25, 0.3) is 11.8 Å². The second kappa shape index (κ2) is 8.94. The summed E-state index contributed by atoms with van der Waals surface area (Å²) in [5.74, 6) is -0.229. The van der Waals surface area contributed by atoms with Gasteiger partial charge in [-0.3, -0.25) is 0 Å². The molecule has 2 aromatic carbocycles. The molecule has 1 aromatic heterocycles. The van der Waals surface area contributed by atoms with Gasteiger partial charge in [0, 0.05) is 17.8 Å². The van der Waals surface area contributed by atoms with Crippen LogP contribution in [0.15, 0.2) is 59.8 Å². The molecule has 0 radical (unpaired) electrons. The summed E-state index contributed by atoms with van der Waals surface area (Å²) in [7, 11) is 1.59. The molecule has 1 unspecified atom stereocenters. The number of hydrogen-bond acceptors (Lipinski definition) is 7. The third-order valence-corrected chi connectivity index (χ3v) is 6.25. The van der Waals surface area contributed by atoms with E-state index in [1.54, 1.807) is 24.4 Å². The van der Waals surface area contributed by atoms with Crippen LogP contribution in [0.5, 0.6) is 5.75 Å². The maximum Gasteiger partial charge on any atom is 0.263 e. The van der Waals surface area contributed by atoms with Gasteiger partial charge in [-0.15, -0.1) is 0 Å². The van der Waals surface area contributed by atoms with E-state index in [9.17, 15) is 13.9 Å². The van der Waals surface area contributed by atoms with E-state index in [1.807, 2.05) is 42.8 Å². The third kappa shape index (κ3) is 3.97. The molecule has 1 N–H and O–H groups in total. The highest BCUT2D eigenvalue weighted by atomic mass is 19.1. The summed E-state index contributed by atoms with van der Waals surface area (Å²) in [5.41, 5.74) is 0.972. The molecule has 3 atom stereocenters. The number of ether oxygens (including phenoxy) is 2. The molecule has 2 aliphatic heterocycles. The molecule has 3 aromatic rings. The maximum absolute atomic E-state index is 14.1. The van der Waals surface area contributed by atoms with Gasteiger partial charge in [-0.05, 0) is 56.7 Å². The van der Waals surface area contributed by atoms with Crippen molar-refractivity contribution in [3.8, 4) is 11.4 Å². The second-order valence-corrected chi connectivity index (χ2v) is 8.94. The Balaban J connectivity index is 1.54. The van der Waals surface area contributed by atoms with Gasteiger partial charge in [0.25, 0.3) is 5.72 Å². The Morgan fingerprint density at radius 2 is 1.97 bits per heavy atom. The monoisotopic (exact) mass is 496 g/mol. The number of aliphatic hydroxyl groups excluding tert-OH is 1. The lowest BCUT2D eigenvalue weighted by Crippen LogP contribution is -2.57. The number of benzene rings is 2. The average molecular weight is 497 g/mol. The molecule has 3 heterocycles. The van der Waals surface area contributed by atoms with Crippen LogP contribution in [0.4, 0.5) is 8.78 Å². The van der Waals surface area contributed by atoms with Gasteiger partial charge in [0.2, 0.25) is 5.84 Å². The summed E-state index contributed by atoms with van der Waals surface area (Å²) in [6.45, 7) is 5.53. The zero-order valence-electron chi connectivity index (χ0n) is 20.3. The van der Waals surface area contributed by atoms with Gasteiger partial charge in [-0.1, -0.05) is 11.2 Å². The van der Waals surface area contributed by atoms with Crippen LogP contribution in [-0.2, 0) is 15.3 Å². The predicted octanol–water partition coefficient (Wildman–Crippen LogP) is 4.11. The third-order valence-electron chi connectivity index (χ3n) is 6.25. The fourth-order valence-electron chi connectivity index (χ4n) is 4.65. The number of hydrogen-bond donors (Lipinski definition) is 1. The first-order valence-electron chi connectivity index (χ1n) is 11.5. The van der Waals surface area contributed by atoms with Crippen molar-refractivity contribution in [2.45, 2.75) is 38.7 Å². The molecular formula is C26H26F2N4O4. The van der Waals surface area contributed by atoms with E-state index in [0.717, 1.165) is 35.1 Å². The van der Waals surface area contributed by atoms with Crippen LogP contribution >= 0.6 is 0 Å². The molecule has 1 saturated heterocycles. The molecule has 1 fully saturated rings. The number of methoxy groups -OCH3 is 1. The number of imidazole rings is 1. The fourth-order valence-corrected chi connectivity index (χ4v) is 4.65. The van der Waals surface area contributed by atoms with E-state index < -0.39 is 23.5 Å². The highest BCUT2D eigenvalue weighted by molar-refractivity contribution is 6.01. The number of nitrogens with zero attached hydrogens (tertiary/aromatic N) is 4. The van der Waals surface area contributed by atoms with Gasteiger partial charge in [-0.25, -0.2) is 13.8 Å². The summed E-state index contributed by atoms with van der Waals surface area (Å²) in [6, 6.07) is 8.70. The Morgan fingerprint density at radius 3 is 2.61 bits per heavy atom. The van der Waals surface area contributed by atoms with E-state index in [4.69, 9.17) is 14.3 Å². The topological polar surface area (TPSA) is 81.3 Å². The molecule has 2 aliphatic rings. The molecule has 0 spiro atoms. The first-order chi connectivity index (χ1) is 17.2. The maximum atomic E-state index is 14.1. The molecule has 0 aliphatic carbocycles. The average Bonchev–Trinajstić information content (AvgIpc) is 3.43. The smallest absolute Gasteiger partial charge is 0.263 e. The first-order valence-corrected chi connectivity index (χ1v) is 11.5. The quantitative estimate of drug-likeness (QED) is 0.573. The second-order valence-electron chi connectivity index (χ2n) is 8.94. The van der Waals surface area contributed by atoms with Crippen LogP contribution in [0.1, 0.15) is 30.7 Å². The van der Waals surface area contributed by atoms with E-state index in [0.29, 0.717) is 17.3 Å². The lowest BCUT2D eigenvalue weighted by molar-refractivity contribution is -0.180. The van der Waals surface area contributed by atoms with Gasteiger partial charge < -0.3 is 28.9 Å². The Morgan fingerprint density at radius 1 is 1.22 bits per heavy atom. The Labute approximate surface area is 207 Å². The number of oxime groups is 1. The molecule has 36 heavy (non-hydrogen) atoms. The number of morpholine rings is 1. The molecule has 8 nitrogen and oxygen atoms in total. The van der Waals surface area contributed by atoms with Crippen LogP contribution in [-0.4, -0.2) is 51.3 Å². The van der Waals surface area contributed by atoms with Gasteiger partial charge in [-0.2, -0.15) is 0 Å². The van der Waals surface area contributed by atoms with Gasteiger partial charge in [0.05, 0.1) is 31.4 Å². The van der Waals surface area contributed by atoms with Gasteiger partial charge in [0.1, 0.15) is 29.6 Å². The van der Waals surface area contributed by atoms with Crippen molar-refractivity contribution < 1.29 is 28.2 Å². The van der Waals surface area contributed by atoms with Crippen molar-refractivity contribution in [3.05, 3.63) is 83.1 Å². The summed E-state index contributed by atoms with van der Waals surface area (Å²) < 4.78 is 41.8. The minimum atomic E-state index is -1.61. The largest absolute Gasteiger partial charge is 0.495 e. The van der Waals surface area contributed by atoms with Crippen LogP contribution in [0.2, 0.25) is 0 Å². The van der Waals surface area contributed by atoms with Crippen molar-refractivity contribution in [2.24, 2.45) is 5.16 Å². The number of aryl methyl sites for hydroxylation is 1. The number of aromatic nitrogens is 2. The minimum Gasteiger partial charge on any atom is -0.495 e. The number of rotatable bonds is 5. The minimum absolute atomic E-state index is 0.115. The molecule has 10 heteroatoms. The van der Waals surface area contributed by atoms with Crippen LogP contribution in [0, 0.1) is 18.6 Å². The van der Waals surface area contributed by atoms with E-state index in [1.165, 1.54) is 6.92 Å². The normalized spacial score (nSPS) is 23.1. The standard InChI is InChI=1S/C26H26F2N4O4/c1-15-12-31(14-29-15)22-6-5-18(7-23(22)34-4)8-24-25-30-36-26(17(3)33,32(25)13-16(2)35-24)19-9-20(27)11-21(28)10-19/h5-12,14,16-17,33H,13H2,1-4H3/b24-8-/t16-,17?,26-/m1/s1. The van der Waals surface area contributed by atoms with E-state index in [-0.39, 0.29) is 18.2 Å². The Kier molecular flexibility index (Phi) is 5.91. The van der Waals surface area contributed by atoms with Crippen molar-refractivity contribution in [1.82, 2.24) is 14.5 Å². The Bertz CT molecular complexity index is 1350. The van der Waals surface area contributed by atoms with Crippen molar-refractivity contribution in [2.75, 3.05) is 13.7 Å². The van der Waals surface area contributed by atoms with E-state index >= 15 is 0 Å². The SMILES string of the molecule is COc1cc(/C=C2\O[C@H](C)CN3C2=NO[C@@]3(c2cc(F)cc(F)c2)C(C)O)ccc1-n1cnc(C)c1. The van der Waals surface area contributed by atoms with E-state index in [2.05, 4.69) is 10.1 Å². The number of halogens is 2. The molecule has 188 valence electrons. The van der Waals surface area contributed by atoms with Crippen LogP contribution < -0.4 is 4.74 Å². The lowest BCUT2D eigenvalue weighted by Gasteiger charge is -2.43. The number of fused-ring (bicyclic) bond motifs is 1. The molecular weight excluding hydrogens is 470 g/mol. The zero-order valence-corrected chi connectivity index (χ0v) is 20.3. The van der Waals surface area contributed by atoms with Gasteiger partial charge in [0.15, 0.2) is 5.76 Å². The predicted molar refractivity (Wildman–Crippen MR) is 128 cm³/mol. The molecule has 5 rings (SSSR count). The van der Waals surface area contributed by atoms with Crippen molar-refractivity contribution in [1.29, 1.82) is 0 Å². The zero-order chi connectivity index (χ0) is 25.6. The highest BCUT2D eigenvalue weighted by Gasteiger charge is 2.55. The summed E-state index contributed by atoms with van der Waals surface area (Å²) in [5, 5.41) is 15.0. The summed E-state index contributed by atoms with van der Waals surface area (Å²) in [6.07, 6.45) is 3.88. The fraction of sp³-hybridized carbons (Fsp3) is 0.308. The molecule has 0 bridgehead atoms. The summed E-state index contributed by atoms with van der Waals surface area (Å²) >= 11 is 0. The van der Waals surface area contributed by atoms with Crippen molar-refractivity contribution >= 4 is 11.9 Å². The summed E-state index contributed by atoms with van der Waals surface area (Å²) in [4.78, 5) is 11.7.